The van der Waals surface area contributed by atoms with E-state index >= 15 is 0 Å². The quantitative estimate of drug-likeness (QED) is 0.295. The number of hydrogen-bond donors (Lipinski definition) is 1. The molecule has 5 nitrogen and oxygen atoms in total. The van der Waals surface area contributed by atoms with E-state index in [9.17, 15) is 19.2 Å². The number of amides is 2. The van der Waals surface area contributed by atoms with E-state index in [1.165, 1.54) is 17.0 Å². The Bertz CT molecular complexity index is 1310. The molecule has 2 amide bonds. The Balaban J connectivity index is 1.71. The van der Waals surface area contributed by atoms with Crippen molar-refractivity contribution >= 4 is 62.5 Å². The number of nitrogens with one attached hydrogen (secondary N) is 1. The minimum atomic E-state index is -0.624. The Labute approximate surface area is 213 Å². The largest absolute Gasteiger partial charge is 0.321 e. The third-order valence-corrected chi connectivity index (χ3v) is 7.07. The predicted molar refractivity (Wildman–Crippen MR) is 136 cm³/mol. The van der Waals surface area contributed by atoms with Gasteiger partial charge in [0.2, 0.25) is 5.91 Å². The van der Waals surface area contributed by atoms with Crippen molar-refractivity contribution in [2.24, 2.45) is 0 Å². The van der Waals surface area contributed by atoms with Crippen LogP contribution in [0.4, 0.5) is 15.8 Å². The summed E-state index contributed by atoms with van der Waals surface area (Å²) in [6.07, 6.45) is 0.310. The van der Waals surface area contributed by atoms with Crippen molar-refractivity contribution in [3.8, 4) is 6.07 Å². The normalized spacial score (nSPS) is 16.8. The highest BCUT2D eigenvalue weighted by Crippen LogP contribution is 2.42. The third-order valence-electron chi connectivity index (χ3n) is 5.03. The monoisotopic (exact) mass is 555 g/mol. The molecule has 0 bridgehead atoms. The maximum absolute atomic E-state index is 13.4. The van der Waals surface area contributed by atoms with E-state index in [-0.39, 0.29) is 22.3 Å². The Kier molecular flexibility index (Phi) is 7.37. The number of nitriles is 1. The third kappa shape index (κ3) is 5.33. The molecule has 1 saturated heterocycles. The summed E-state index contributed by atoms with van der Waals surface area (Å²) < 4.78 is 14.2. The zero-order chi connectivity index (χ0) is 24.2. The number of benzene rings is 3. The predicted octanol–water partition coefficient (Wildman–Crippen LogP) is 6.31. The minimum Gasteiger partial charge on any atom is -0.321 e. The first-order chi connectivity index (χ1) is 16.4. The van der Waals surface area contributed by atoms with E-state index in [0.29, 0.717) is 22.8 Å². The van der Waals surface area contributed by atoms with Crippen molar-refractivity contribution in [1.29, 1.82) is 5.26 Å². The van der Waals surface area contributed by atoms with Gasteiger partial charge in [0.05, 0.1) is 5.25 Å². The van der Waals surface area contributed by atoms with Crippen molar-refractivity contribution in [2.45, 2.75) is 11.7 Å². The van der Waals surface area contributed by atoms with Crippen molar-refractivity contribution in [1.82, 2.24) is 0 Å². The Hall–Kier alpha value is -3.12. The standard InChI is InChI=1S/C25H16BrClFN3O2S/c26-16-3-9-19(10-4-16)30-23(32)21(14-29)25-31(20-11-5-17(27)6-12-20)24(33)22(34-25)13-15-1-7-18(28)8-2-15/h1-12,22H,13H2,(H,30,32)/b25-21-. The number of rotatable bonds is 5. The molecular formula is C25H16BrClFN3O2S. The lowest BCUT2D eigenvalue weighted by atomic mass is 10.1. The lowest BCUT2D eigenvalue weighted by molar-refractivity contribution is -0.117. The maximum atomic E-state index is 13.4. The van der Waals surface area contributed by atoms with Crippen LogP contribution in [0.5, 0.6) is 0 Å². The summed E-state index contributed by atoms with van der Waals surface area (Å²) in [5.41, 5.74) is 1.58. The molecule has 0 saturated carbocycles. The van der Waals surface area contributed by atoms with Gasteiger partial charge in [-0.05, 0) is 72.6 Å². The number of carbonyl (C=O) groups is 2. The summed E-state index contributed by atoms with van der Waals surface area (Å²) in [5, 5.41) is 12.7. The van der Waals surface area contributed by atoms with E-state index in [4.69, 9.17) is 11.6 Å². The van der Waals surface area contributed by atoms with Crippen LogP contribution in [0.15, 0.2) is 87.9 Å². The second kappa shape index (κ2) is 10.4. The molecule has 3 aromatic carbocycles. The van der Waals surface area contributed by atoms with Gasteiger partial charge in [-0.25, -0.2) is 4.39 Å². The topological polar surface area (TPSA) is 73.2 Å². The number of carbonyl (C=O) groups excluding carboxylic acids is 2. The summed E-state index contributed by atoms with van der Waals surface area (Å²) in [6.45, 7) is 0. The highest BCUT2D eigenvalue weighted by Gasteiger charge is 2.40. The van der Waals surface area contributed by atoms with Crippen molar-refractivity contribution in [3.05, 3.63) is 104 Å². The number of halogens is 3. The molecule has 1 fully saturated rings. The molecule has 0 spiro atoms. The molecule has 1 atom stereocenters. The molecule has 9 heteroatoms. The zero-order valence-corrected chi connectivity index (χ0v) is 20.6. The molecule has 3 aromatic rings. The van der Waals surface area contributed by atoms with Crippen molar-refractivity contribution < 1.29 is 14.0 Å². The molecule has 4 rings (SSSR count). The summed E-state index contributed by atoms with van der Waals surface area (Å²) in [4.78, 5) is 27.8. The van der Waals surface area contributed by atoms with Crippen LogP contribution < -0.4 is 10.2 Å². The van der Waals surface area contributed by atoms with Gasteiger partial charge in [-0.15, -0.1) is 0 Å². The molecule has 0 aromatic heterocycles. The summed E-state index contributed by atoms with van der Waals surface area (Å²) in [5.74, 6) is -1.27. The molecular weight excluding hydrogens is 541 g/mol. The highest BCUT2D eigenvalue weighted by atomic mass is 79.9. The Morgan fingerprint density at radius 3 is 2.35 bits per heavy atom. The van der Waals surface area contributed by atoms with Gasteiger partial charge in [-0.1, -0.05) is 51.4 Å². The van der Waals surface area contributed by atoms with E-state index in [1.54, 1.807) is 60.7 Å². The van der Waals surface area contributed by atoms with Crippen LogP contribution >= 0.6 is 39.3 Å². The zero-order valence-electron chi connectivity index (χ0n) is 17.5. The number of anilines is 2. The van der Waals surface area contributed by atoms with Crippen LogP contribution in [0.3, 0.4) is 0 Å². The van der Waals surface area contributed by atoms with E-state index < -0.39 is 11.2 Å². The molecule has 1 heterocycles. The Morgan fingerprint density at radius 2 is 1.74 bits per heavy atom. The van der Waals surface area contributed by atoms with E-state index in [1.807, 2.05) is 6.07 Å². The fourth-order valence-electron chi connectivity index (χ4n) is 3.37. The van der Waals surface area contributed by atoms with Crippen LogP contribution in [0.1, 0.15) is 5.56 Å². The molecule has 1 N–H and O–H groups in total. The van der Waals surface area contributed by atoms with Gasteiger partial charge in [0, 0.05) is 20.9 Å². The first-order valence-electron chi connectivity index (χ1n) is 10.1. The highest BCUT2D eigenvalue weighted by molar-refractivity contribution is 9.10. The molecule has 0 radical (unpaired) electrons. The second-order valence-electron chi connectivity index (χ2n) is 7.34. The molecule has 1 unspecified atom stereocenters. The van der Waals surface area contributed by atoms with Gasteiger partial charge in [-0.2, -0.15) is 5.26 Å². The second-order valence-corrected chi connectivity index (χ2v) is 9.88. The van der Waals surface area contributed by atoms with Crippen molar-refractivity contribution in [2.75, 3.05) is 10.2 Å². The average molecular weight is 557 g/mol. The minimum absolute atomic E-state index is 0.183. The molecule has 1 aliphatic rings. The van der Waals surface area contributed by atoms with E-state index in [0.717, 1.165) is 21.8 Å². The van der Waals surface area contributed by atoms with Gasteiger partial charge in [-0.3, -0.25) is 14.5 Å². The molecule has 1 aliphatic heterocycles. The van der Waals surface area contributed by atoms with Gasteiger partial charge >= 0.3 is 0 Å². The number of nitrogens with zero attached hydrogens (tertiary/aromatic N) is 2. The SMILES string of the molecule is N#C/C(C(=O)Nc1ccc(Br)cc1)=C1/SC(Cc2ccc(F)cc2)C(=O)N1c1ccc(Cl)cc1. The smallest absolute Gasteiger partial charge is 0.269 e. The lowest BCUT2D eigenvalue weighted by Gasteiger charge is -2.19. The number of hydrogen-bond acceptors (Lipinski definition) is 4. The average Bonchev–Trinajstić information content (AvgIpc) is 3.13. The number of thioether (sulfide) groups is 1. The molecule has 0 aliphatic carbocycles. The maximum Gasteiger partial charge on any atom is 0.269 e. The van der Waals surface area contributed by atoms with Gasteiger partial charge in [0.25, 0.3) is 5.91 Å². The first kappa shape index (κ1) is 24.0. The molecule has 34 heavy (non-hydrogen) atoms. The first-order valence-corrected chi connectivity index (χ1v) is 12.1. The summed E-state index contributed by atoms with van der Waals surface area (Å²) in [7, 11) is 0. The fourth-order valence-corrected chi connectivity index (χ4v) is 5.07. The van der Waals surface area contributed by atoms with Crippen molar-refractivity contribution in [3.63, 3.8) is 0 Å². The lowest BCUT2D eigenvalue weighted by Crippen LogP contribution is -2.30. The van der Waals surface area contributed by atoms with E-state index in [2.05, 4.69) is 21.2 Å². The van der Waals surface area contributed by atoms with Gasteiger partial charge < -0.3 is 5.32 Å². The Morgan fingerprint density at radius 1 is 1.09 bits per heavy atom. The van der Waals surface area contributed by atoms with Crippen LogP contribution in [-0.4, -0.2) is 17.1 Å². The van der Waals surface area contributed by atoms with Crippen LogP contribution in [0, 0.1) is 17.1 Å². The van der Waals surface area contributed by atoms with Crippen LogP contribution in [-0.2, 0) is 16.0 Å². The van der Waals surface area contributed by atoms with Crippen LogP contribution in [0.2, 0.25) is 5.02 Å². The summed E-state index contributed by atoms with van der Waals surface area (Å²) >= 11 is 10.5. The fraction of sp³-hybridized carbons (Fsp3) is 0.0800. The van der Waals surface area contributed by atoms with Gasteiger partial charge in [0.1, 0.15) is 22.5 Å². The van der Waals surface area contributed by atoms with Crippen LogP contribution in [0.25, 0.3) is 0 Å². The van der Waals surface area contributed by atoms with Gasteiger partial charge in [0.15, 0.2) is 0 Å². The summed E-state index contributed by atoms with van der Waals surface area (Å²) in [6, 6.07) is 21.4. The molecule has 170 valence electrons.